The smallest absolute Gasteiger partial charge is 0.00187 e. The van der Waals surface area contributed by atoms with E-state index in [4.69, 9.17) is 0 Å². The van der Waals surface area contributed by atoms with Crippen LogP contribution in [0.25, 0.3) is 0 Å². The van der Waals surface area contributed by atoms with Crippen LogP contribution >= 0.6 is 12.4 Å². The first kappa shape index (κ1) is 19.2. The third-order valence-corrected chi connectivity index (χ3v) is 4.28. The van der Waals surface area contributed by atoms with E-state index >= 15 is 0 Å². The summed E-state index contributed by atoms with van der Waals surface area (Å²) < 4.78 is 0. The Morgan fingerprint density at radius 2 is 1.11 bits per heavy atom. The van der Waals surface area contributed by atoms with Crippen molar-refractivity contribution in [2.24, 2.45) is 0 Å². The SMILES string of the molecule is CCCCCCCCCCCCN1CCCCC1.Cl. The highest BCUT2D eigenvalue weighted by Crippen LogP contribution is 2.12. The van der Waals surface area contributed by atoms with Crippen molar-refractivity contribution in [3.05, 3.63) is 0 Å². The van der Waals surface area contributed by atoms with Gasteiger partial charge in [-0.1, -0.05) is 71.1 Å². The van der Waals surface area contributed by atoms with Gasteiger partial charge in [0.05, 0.1) is 0 Å². The lowest BCUT2D eigenvalue weighted by Gasteiger charge is -2.26. The number of hydrogen-bond donors (Lipinski definition) is 0. The maximum Gasteiger partial charge on any atom is -0.00187 e. The van der Waals surface area contributed by atoms with Gasteiger partial charge in [0.1, 0.15) is 0 Å². The van der Waals surface area contributed by atoms with Gasteiger partial charge in [-0.2, -0.15) is 0 Å². The molecule has 19 heavy (non-hydrogen) atoms. The third kappa shape index (κ3) is 11.8. The standard InChI is InChI=1S/C17H35N.ClH/c1-2-3-4-5-6-7-8-9-10-12-15-18-16-13-11-14-17-18;/h2-17H2,1H3;1H. The number of halogens is 1. The summed E-state index contributed by atoms with van der Waals surface area (Å²) in [5.74, 6) is 0. The zero-order valence-corrected chi connectivity index (χ0v) is 14.0. The molecule has 1 fully saturated rings. The molecule has 1 aliphatic heterocycles. The number of rotatable bonds is 11. The van der Waals surface area contributed by atoms with Crippen LogP contribution in [0.1, 0.15) is 90.4 Å². The first-order valence-electron chi connectivity index (χ1n) is 8.66. The van der Waals surface area contributed by atoms with Gasteiger partial charge >= 0.3 is 0 Å². The third-order valence-electron chi connectivity index (χ3n) is 4.28. The Morgan fingerprint density at radius 3 is 1.63 bits per heavy atom. The molecule has 0 amide bonds. The van der Waals surface area contributed by atoms with Gasteiger partial charge in [-0.3, -0.25) is 0 Å². The van der Waals surface area contributed by atoms with Gasteiger partial charge < -0.3 is 4.90 Å². The van der Waals surface area contributed by atoms with Crippen LogP contribution in [0.2, 0.25) is 0 Å². The molecule has 0 aromatic heterocycles. The predicted octanol–water partition coefficient (Wildman–Crippen LogP) is 5.82. The van der Waals surface area contributed by atoms with Crippen molar-refractivity contribution in [2.75, 3.05) is 19.6 Å². The van der Waals surface area contributed by atoms with Crippen LogP contribution in [0.15, 0.2) is 0 Å². The average Bonchev–Trinajstić information content (AvgIpc) is 2.42. The lowest BCUT2D eigenvalue weighted by Crippen LogP contribution is -2.30. The van der Waals surface area contributed by atoms with E-state index < -0.39 is 0 Å². The monoisotopic (exact) mass is 289 g/mol. The quantitative estimate of drug-likeness (QED) is 0.434. The largest absolute Gasteiger partial charge is 0.303 e. The Labute approximate surface area is 127 Å². The van der Waals surface area contributed by atoms with Crippen molar-refractivity contribution in [1.29, 1.82) is 0 Å². The molecule has 0 spiro atoms. The molecule has 1 heterocycles. The van der Waals surface area contributed by atoms with Gasteiger partial charge in [0.2, 0.25) is 0 Å². The molecule has 0 radical (unpaired) electrons. The molecular formula is C17H36ClN. The lowest BCUT2D eigenvalue weighted by molar-refractivity contribution is 0.224. The normalized spacial score (nSPS) is 16.3. The minimum Gasteiger partial charge on any atom is -0.303 e. The summed E-state index contributed by atoms with van der Waals surface area (Å²) in [5.41, 5.74) is 0. The van der Waals surface area contributed by atoms with Crippen LogP contribution in [-0.4, -0.2) is 24.5 Å². The molecule has 0 bridgehead atoms. The van der Waals surface area contributed by atoms with Gasteiger partial charge in [0.15, 0.2) is 0 Å². The molecule has 0 N–H and O–H groups in total. The number of hydrogen-bond acceptors (Lipinski definition) is 1. The fourth-order valence-electron chi connectivity index (χ4n) is 3.01. The second-order valence-electron chi connectivity index (χ2n) is 6.08. The van der Waals surface area contributed by atoms with Crippen LogP contribution in [0.3, 0.4) is 0 Å². The number of unbranched alkanes of at least 4 members (excludes halogenated alkanes) is 9. The number of piperidine rings is 1. The fourth-order valence-corrected chi connectivity index (χ4v) is 3.01. The fraction of sp³-hybridized carbons (Fsp3) is 1.00. The highest BCUT2D eigenvalue weighted by atomic mass is 35.5. The maximum atomic E-state index is 2.67. The van der Waals surface area contributed by atoms with E-state index in [0.29, 0.717) is 0 Å². The van der Waals surface area contributed by atoms with Crippen molar-refractivity contribution in [3.8, 4) is 0 Å². The lowest BCUT2D eigenvalue weighted by atomic mass is 10.1. The predicted molar refractivity (Wildman–Crippen MR) is 89.4 cm³/mol. The van der Waals surface area contributed by atoms with Gasteiger partial charge in [-0.15, -0.1) is 12.4 Å². The molecule has 1 rings (SSSR count). The Bertz CT molecular complexity index is 167. The topological polar surface area (TPSA) is 3.24 Å². The Morgan fingerprint density at radius 1 is 0.632 bits per heavy atom. The van der Waals surface area contributed by atoms with Crippen LogP contribution in [0, 0.1) is 0 Å². The summed E-state index contributed by atoms with van der Waals surface area (Å²) in [5, 5.41) is 0. The van der Waals surface area contributed by atoms with Gasteiger partial charge in [0, 0.05) is 0 Å². The molecule has 0 saturated carbocycles. The molecule has 116 valence electrons. The molecule has 0 atom stereocenters. The first-order chi connectivity index (χ1) is 8.93. The van der Waals surface area contributed by atoms with Crippen LogP contribution in [0.5, 0.6) is 0 Å². The minimum absolute atomic E-state index is 0. The van der Waals surface area contributed by atoms with E-state index in [1.807, 2.05) is 0 Å². The second-order valence-corrected chi connectivity index (χ2v) is 6.08. The molecule has 0 aromatic carbocycles. The maximum absolute atomic E-state index is 2.67. The first-order valence-corrected chi connectivity index (χ1v) is 8.66. The number of likely N-dealkylation sites (tertiary alicyclic amines) is 1. The van der Waals surface area contributed by atoms with E-state index in [9.17, 15) is 0 Å². The zero-order chi connectivity index (χ0) is 12.9. The molecular weight excluding hydrogens is 254 g/mol. The van der Waals surface area contributed by atoms with Crippen molar-refractivity contribution in [2.45, 2.75) is 90.4 Å². The molecule has 1 saturated heterocycles. The Hall–Kier alpha value is 0.250. The van der Waals surface area contributed by atoms with E-state index in [2.05, 4.69) is 11.8 Å². The van der Waals surface area contributed by atoms with E-state index in [-0.39, 0.29) is 12.4 Å². The Balaban J connectivity index is 0.00000324. The number of nitrogens with zero attached hydrogens (tertiary/aromatic N) is 1. The van der Waals surface area contributed by atoms with Crippen molar-refractivity contribution < 1.29 is 0 Å². The van der Waals surface area contributed by atoms with Crippen LogP contribution in [-0.2, 0) is 0 Å². The highest BCUT2D eigenvalue weighted by molar-refractivity contribution is 5.85. The average molecular weight is 290 g/mol. The molecule has 0 aromatic rings. The van der Waals surface area contributed by atoms with Crippen molar-refractivity contribution in [3.63, 3.8) is 0 Å². The summed E-state index contributed by atoms with van der Waals surface area (Å²) in [6, 6.07) is 0. The Kier molecular flexibility index (Phi) is 14.8. The summed E-state index contributed by atoms with van der Waals surface area (Å²) in [4.78, 5) is 2.67. The van der Waals surface area contributed by atoms with Crippen molar-refractivity contribution >= 4 is 12.4 Å². The van der Waals surface area contributed by atoms with Gasteiger partial charge in [-0.05, 0) is 38.9 Å². The van der Waals surface area contributed by atoms with Crippen LogP contribution in [0.4, 0.5) is 0 Å². The van der Waals surface area contributed by atoms with E-state index in [1.165, 1.54) is 103 Å². The second kappa shape index (κ2) is 14.7. The van der Waals surface area contributed by atoms with Gasteiger partial charge in [0.25, 0.3) is 0 Å². The van der Waals surface area contributed by atoms with Gasteiger partial charge in [-0.25, -0.2) is 0 Å². The molecule has 2 heteroatoms. The van der Waals surface area contributed by atoms with E-state index in [0.717, 1.165) is 0 Å². The zero-order valence-electron chi connectivity index (χ0n) is 13.2. The molecule has 0 aliphatic carbocycles. The summed E-state index contributed by atoms with van der Waals surface area (Å²) in [6.45, 7) is 6.41. The molecule has 0 unspecified atom stereocenters. The molecule has 1 nitrogen and oxygen atoms in total. The highest BCUT2D eigenvalue weighted by Gasteiger charge is 2.08. The summed E-state index contributed by atoms with van der Waals surface area (Å²) in [7, 11) is 0. The molecule has 1 aliphatic rings. The van der Waals surface area contributed by atoms with Crippen molar-refractivity contribution in [1.82, 2.24) is 4.90 Å². The minimum atomic E-state index is 0. The summed E-state index contributed by atoms with van der Waals surface area (Å²) in [6.07, 6.45) is 18.9. The van der Waals surface area contributed by atoms with E-state index in [1.54, 1.807) is 0 Å². The van der Waals surface area contributed by atoms with Crippen LogP contribution < -0.4 is 0 Å². The summed E-state index contributed by atoms with van der Waals surface area (Å²) >= 11 is 0.